The first-order valence-corrected chi connectivity index (χ1v) is 6.12. The lowest BCUT2D eigenvalue weighted by Gasteiger charge is -2.01. The number of hydrogen-bond donors (Lipinski definition) is 1. The number of nitrogens with zero attached hydrogens (tertiary/aromatic N) is 1. The van der Waals surface area contributed by atoms with Gasteiger partial charge in [-0.25, -0.2) is 4.98 Å². The number of aryl methyl sites for hydroxylation is 2. The molecule has 0 radical (unpaired) electrons. The highest BCUT2D eigenvalue weighted by Gasteiger charge is 1.98. The lowest BCUT2D eigenvalue weighted by atomic mass is 10.1. The lowest BCUT2D eigenvalue weighted by Crippen LogP contribution is -2.08. The molecule has 0 saturated carbocycles. The summed E-state index contributed by atoms with van der Waals surface area (Å²) in [6.07, 6.45) is 5.01. The summed E-state index contributed by atoms with van der Waals surface area (Å²) in [5, 5.41) is 2.71. The Kier molecular flexibility index (Phi) is 4.08. The van der Waals surface area contributed by atoms with Gasteiger partial charge in [0.15, 0.2) is 0 Å². The summed E-state index contributed by atoms with van der Waals surface area (Å²) in [5.74, 6) is 0.376. The van der Waals surface area contributed by atoms with Gasteiger partial charge >= 0.3 is 0 Å². The zero-order valence-corrected chi connectivity index (χ0v) is 11.1. The van der Waals surface area contributed by atoms with Gasteiger partial charge < -0.3 is 5.32 Å². The Morgan fingerprint density at radius 3 is 2.37 bits per heavy atom. The summed E-state index contributed by atoms with van der Waals surface area (Å²) in [7, 11) is 0. The molecule has 1 aromatic heterocycles. The van der Waals surface area contributed by atoms with E-state index >= 15 is 0 Å². The van der Waals surface area contributed by atoms with Crippen LogP contribution < -0.4 is 5.32 Å². The van der Waals surface area contributed by atoms with Gasteiger partial charge in [-0.15, -0.1) is 0 Å². The summed E-state index contributed by atoms with van der Waals surface area (Å²) in [4.78, 5) is 15.8. The van der Waals surface area contributed by atoms with Crippen LogP contribution in [0.15, 0.2) is 48.7 Å². The number of hydrogen-bond acceptors (Lipinski definition) is 2. The Morgan fingerprint density at radius 2 is 1.74 bits per heavy atom. The van der Waals surface area contributed by atoms with E-state index < -0.39 is 0 Å². The zero-order valence-electron chi connectivity index (χ0n) is 11.1. The quantitative estimate of drug-likeness (QED) is 0.851. The number of rotatable bonds is 3. The molecule has 0 aliphatic rings. The number of amides is 1. The van der Waals surface area contributed by atoms with Gasteiger partial charge in [0.1, 0.15) is 5.82 Å². The summed E-state index contributed by atoms with van der Waals surface area (Å²) < 4.78 is 0. The Labute approximate surface area is 113 Å². The van der Waals surface area contributed by atoms with E-state index in [4.69, 9.17) is 0 Å². The van der Waals surface area contributed by atoms with Crippen LogP contribution in [0.1, 0.15) is 16.7 Å². The molecule has 1 N–H and O–H groups in total. The van der Waals surface area contributed by atoms with Crippen molar-refractivity contribution in [2.75, 3.05) is 5.32 Å². The number of nitrogens with one attached hydrogen (secondary N) is 1. The van der Waals surface area contributed by atoms with Crippen molar-refractivity contribution in [3.05, 3.63) is 65.4 Å². The number of carbonyl (C=O) groups is 1. The van der Waals surface area contributed by atoms with E-state index in [9.17, 15) is 4.79 Å². The molecule has 1 aromatic carbocycles. The first-order valence-electron chi connectivity index (χ1n) is 6.12. The smallest absolute Gasteiger partial charge is 0.249 e. The molecule has 2 aromatic rings. The third kappa shape index (κ3) is 4.07. The van der Waals surface area contributed by atoms with Gasteiger partial charge in [0.2, 0.25) is 5.91 Å². The first kappa shape index (κ1) is 13.0. The fourth-order valence-electron chi connectivity index (χ4n) is 1.56. The van der Waals surface area contributed by atoms with Crippen LogP contribution in [0.4, 0.5) is 5.82 Å². The molecule has 0 aliphatic carbocycles. The second-order valence-electron chi connectivity index (χ2n) is 4.45. The molecule has 1 heterocycles. The summed E-state index contributed by atoms with van der Waals surface area (Å²) in [6, 6.07) is 11.7. The Hall–Kier alpha value is -2.42. The molecule has 0 bridgehead atoms. The van der Waals surface area contributed by atoms with Crippen molar-refractivity contribution >= 4 is 17.8 Å². The largest absolute Gasteiger partial charge is 0.307 e. The van der Waals surface area contributed by atoms with Crippen LogP contribution in [-0.2, 0) is 4.79 Å². The van der Waals surface area contributed by atoms with Crippen molar-refractivity contribution in [2.24, 2.45) is 0 Å². The summed E-state index contributed by atoms with van der Waals surface area (Å²) in [6.45, 7) is 3.99. The maximum Gasteiger partial charge on any atom is 0.249 e. The second-order valence-corrected chi connectivity index (χ2v) is 4.45. The molecule has 0 unspecified atom stereocenters. The highest BCUT2D eigenvalue weighted by molar-refractivity contribution is 6.01. The monoisotopic (exact) mass is 252 g/mol. The molecule has 3 heteroatoms. The average Bonchev–Trinajstić information content (AvgIpc) is 2.41. The van der Waals surface area contributed by atoms with Crippen LogP contribution in [-0.4, -0.2) is 10.9 Å². The zero-order chi connectivity index (χ0) is 13.7. The fourth-order valence-corrected chi connectivity index (χ4v) is 1.56. The van der Waals surface area contributed by atoms with Gasteiger partial charge in [0.25, 0.3) is 0 Å². The minimum Gasteiger partial charge on any atom is -0.307 e. The summed E-state index contributed by atoms with van der Waals surface area (Å²) >= 11 is 0. The predicted octanol–water partition coefficient (Wildman–Crippen LogP) is 3.35. The predicted molar refractivity (Wildman–Crippen MR) is 77.8 cm³/mol. The topological polar surface area (TPSA) is 42.0 Å². The highest BCUT2D eigenvalue weighted by Crippen LogP contribution is 2.06. The maximum atomic E-state index is 11.7. The molecule has 2 rings (SSSR count). The molecule has 0 atom stereocenters. The molecule has 19 heavy (non-hydrogen) atoms. The minimum absolute atomic E-state index is 0.183. The molecular formula is C16H16N2O. The van der Waals surface area contributed by atoms with Crippen molar-refractivity contribution < 1.29 is 4.79 Å². The molecular weight excluding hydrogens is 236 g/mol. The van der Waals surface area contributed by atoms with Crippen LogP contribution in [0.3, 0.4) is 0 Å². The van der Waals surface area contributed by atoms with Gasteiger partial charge in [-0.2, -0.15) is 0 Å². The van der Waals surface area contributed by atoms with Crippen LogP contribution >= 0.6 is 0 Å². The summed E-state index contributed by atoms with van der Waals surface area (Å²) in [5.41, 5.74) is 3.26. The van der Waals surface area contributed by atoms with Gasteiger partial charge in [-0.3, -0.25) is 4.79 Å². The SMILES string of the molecule is Cc1ccc(/C=C/C(=O)Nc2ccc(C)cn2)cc1. The fraction of sp³-hybridized carbons (Fsp3) is 0.125. The van der Waals surface area contributed by atoms with Crippen molar-refractivity contribution in [2.45, 2.75) is 13.8 Å². The van der Waals surface area contributed by atoms with E-state index in [1.54, 1.807) is 18.3 Å². The van der Waals surface area contributed by atoms with E-state index in [2.05, 4.69) is 10.3 Å². The molecule has 0 saturated heterocycles. The minimum atomic E-state index is -0.183. The van der Waals surface area contributed by atoms with E-state index in [0.29, 0.717) is 5.82 Å². The number of benzene rings is 1. The van der Waals surface area contributed by atoms with Gasteiger partial charge in [-0.05, 0) is 37.1 Å². The molecule has 0 aliphatic heterocycles. The molecule has 1 amide bonds. The van der Waals surface area contributed by atoms with Gasteiger partial charge in [-0.1, -0.05) is 35.9 Å². The van der Waals surface area contributed by atoms with Crippen molar-refractivity contribution in [3.63, 3.8) is 0 Å². The number of carbonyl (C=O) groups excluding carboxylic acids is 1. The van der Waals surface area contributed by atoms with Crippen LogP contribution in [0.25, 0.3) is 6.08 Å². The standard InChI is InChI=1S/C16H16N2O/c1-12-3-6-14(7-4-12)8-10-16(19)18-15-9-5-13(2)11-17-15/h3-11H,1-2H3,(H,17,18,19)/b10-8+. The first-order chi connectivity index (χ1) is 9.13. The molecule has 0 spiro atoms. The van der Waals surface area contributed by atoms with E-state index in [1.165, 1.54) is 11.6 Å². The van der Waals surface area contributed by atoms with Crippen molar-refractivity contribution in [3.8, 4) is 0 Å². The third-order valence-electron chi connectivity index (χ3n) is 2.67. The van der Waals surface area contributed by atoms with E-state index in [-0.39, 0.29) is 5.91 Å². The van der Waals surface area contributed by atoms with E-state index in [1.807, 2.05) is 44.2 Å². The number of aromatic nitrogens is 1. The lowest BCUT2D eigenvalue weighted by molar-refractivity contribution is -0.111. The molecule has 96 valence electrons. The maximum absolute atomic E-state index is 11.7. The van der Waals surface area contributed by atoms with Crippen LogP contribution in [0.2, 0.25) is 0 Å². The second kappa shape index (κ2) is 5.96. The number of anilines is 1. The van der Waals surface area contributed by atoms with Crippen LogP contribution in [0, 0.1) is 13.8 Å². The Balaban J connectivity index is 1.97. The van der Waals surface area contributed by atoms with Crippen LogP contribution in [0.5, 0.6) is 0 Å². The Morgan fingerprint density at radius 1 is 1.05 bits per heavy atom. The van der Waals surface area contributed by atoms with Crippen molar-refractivity contribution in [1.29, 1.82) is 0 Å². The van der Waals surface area contributed by atoms with E-state index in [0.717, 1.165) is 11.1 Å². The third-order valence-corrected chi connectivity index (χ3v) is 2.67. The molecule has 0 fully saturated rings. The normalized spacial score (nSPS) is 10.6. The molecule has 3 nitrogen and oxygen atoms in total. The highest BCUT2D eigenvalue weighted by atomic mass is 16.1. The van der Waals surface area contributed by atoms with Gasteiger partial charge in [0, 0.05) is 12.3 Å². The number of pyridine rings is 1. The average molecular weight is 252 g/mol. The Bertz CT molecular complexity index is 583. The van der Waals surface area contributed by atoms with Crippen molar-refractivity contribution in [1.82, 2.24) is 4.98 Å². The van der Waals surface area contributed by atoms with Gasteiger partial charge in [0.05, 0.1) is 0 Å².